The summed E-state index contributed by atoms with van der Waals surface area (Å²) in [6, 6.07) is 5.84. The van der Waals surface area contributed by atoms with Crippen molar-refractivity contribution in [1.82, 2.24) is 9.71 Å². The number of carbonyl (C=O) groups is 1. The van der Waals surface area contributed by atoms with Crippen molar-refractivity contribution in [3.63, 3.8) is 0 Å². The summed E-state index contributed by atoms with van der Waals surface area (Å²) in [5.74, 6) is -0.328. The maximum absolute atomic E-state index is 12.4. The molecule has 0 radical (unpaired) electrons. The number of hydrogen-bond acceptors (Lipinski definition) is 6. The van der Waals surface area contributed by atoms with Crippen molar-refractivity contribution in [3.05, 3.63) is 40.9 Å². The van der Waals surface area contributed by atoms with E-state index in [2.05, 4.69) is 35.8 Å². The molecule has 2 heterocycles. The summed E-state index contributed by atoms with van der Waals surface area (Å²) >= 11 is 1.36. The van der Waals surface area contributed by atoms with Crippen LogP contribution in [0.1, 0.15) is 49.7 Å². The monoisotopic (exact) mass is 423 g/mol. The van der Waals surface area contributed by atoms with Crippen LogP contribution in [0.2, 0.25) is 0 Å². The molecule has 1 atom stereocenters. The Morgan fingerprint density at radius 2 is 2.00 bits per heavy atom. The van der Waals surface area contributed by atoms with E-state index in [1.165, 1.54) is 35.6 Å². The van der Waals surface area contributed by atoms with Crippen LogP contribution < -0.4 is 10.0 Å². The molecule has 1 fully saturated rings. The number of hydrogen-bond donors (Lipinski definition) is 2. The van der Waals surface area contributed by atoms with E-state index in [1.807, 2.05) is 5.38 Å². The number of nitrogens with zero attached hydrogens (tertiary/aromatic N) is 1. The molecule has 1 amide bonds. The highest BCUT2D eigenvalue weighted by molar-refractivity contribution is 7.89. The number of ether oxygens (including phenoxy) is 1. The maximum atomic E-state index is 12.4. The van der Waals surface area contributed by atoms with Crippen molar-refractivity contribution >= 4 is 32.4 Å². The average molecular weight is 424 g/mol. The van der Waals surface area contributed by atoms with Gasteiger partial charge >= 0.3 is 0 Å². The molecule has 0 saturated carbocycles. The van der Waals surface area contributed by atoms with Crippen LogP contribution >= 0.6 is 11.3 Å². The van der Waals surface area contributed by atoms with E-state index in [0.717, 1.165) is 18.5 Å². The molecular formula is C19H25N3O4S2. The summed E-state index contributed by atoms with van der Waals surface area (Å²) < 4.78 is 32.8. The highest BCUT2D eigenvalue weighted by Crippen LogP contribution is 2.26. The molecule has 1 aromatic heterocycles. The van der Waals surface area contributed by atoms with Gasteiger partial charge in [0.25, 0.3) is 5.91 Å². The van der Waals surface area contributed by atoms with E-state index in [0.29, 0.717) is 17.3 Å². The predicted octanol–water partition coefficient (Wildman–Crippen LogP) is 3.15. The van der Waals surface area contributed by atoms with Crippen molar-refractivity contribution in [2.45, 2.75) is 50.0 Å². The van der Waals surface area contributed by atoms with Gasteiger partial charge in [-0.25, -0.2) is 18.1 Å². The van der Waals surface area contributed by atoms with Crippen LogP contribution in [0.25, 0.3) is 0 Å². The molecule has 1 aliphatic heterocycles. The van der Waals surface area contributed by atoms with Gasteiger partial charge in [0, 0.05) is 29.5 Å². The van der Waals surface area contributed by atoms with Gasteiger partial charge in [0.05, 0.1) is 16.7 Å². The number of rotatable bonds is 6. The largest absolute Gasteiger partial charge is 0.377 e. The molecule has 152 valence electrons. The second-order valence-electron chi connectivity index (χ2n) is 7.75. The second-order valence-corrected chi connectivity index (χ2v) is 10.4. The number of thiazole rings is 1. The third-order valence-electron chi connectivity index (χ3n) is 4.44. The van der Waals surface area contributed by atoms with Gasteiger partial charge in [-0.15, -0.1) is 11.3 Å². The Hall–Kier alpha value is -1.81. The first kappa shape index (κ1) is 20.9. The minimum absolute atomic E-state index is 0.0730. The van der Waals surface area contributed by atoms with E-state index >= 15 is 0 Å². The van der Waals surface area contributed by atoms with E-state index in [1.54, 1.807) is 0 Å². The van der Waals surface area contributed by atoms with Crippen LogP contribution in [0.4, 0.5) is 5.13 Å². The zero-order valence-electron chi connectivity index (χ0n) is 16.2. The number of anilines is 1. The van der Waals surface area contributed by atoms with Crippen LogP contribution in [0, 0.1) is 0 Å². The Morgan fingerprint density at radius 1 is 1.29 bits per heavy atom. The molecule has 7 nitrogen and oxygen atoms in total. The normalized spacial score (nSPS) is 17.6. The summed E-state index contributed by atoms with van der Waals surface area (Å²) in [5, 5.41) is 5.20. The van der Waals surface area contributed by atoms with Crippen molar-refractivity contribution in [2.24, 2.45) is 0 Å². The Morgan fingerprint density at radius 3 is 2.57 bits per heavy atom. The van der Waals surface area contributed by atoms with Crippen LogP contribution in [0.5, 0.6) is 0 Å². The van der Waals surface area contributed by atoms with Crippen molar-refractivity contribution in [3.8, 4) is 0 Å². The fourth-order valence-corrected chi connectivity index (χ4v) is 4.72. The van der Waals surface area contributed by atoms with Gasteiger partial charge in [0.15, 0.2) is 5.13 Å². The summed E-state index contributed by atoms with van der Waals surface area (Å²) in [6.07, 6.45) is 1.73. The van der Waals surface area contributed by atoms with Gasteiger partial charge < -0.3 is 4.74 Å². The summed E-state index contributed by atoms with van der Waals surface area (Å²) in [6.45, 7) is 7.09. The summed E-state index contributed by atoms with van der Waals surface area (Å²) in [7, 11) is -3.63. The number of aromatic nitrogens is 1. The molecule has 0 spiro atoms. The van der Waals surface area contributed by atoms with Crippen LogP contribution in [0.3, 0.4) is 0 Å². The average Bonchev–Trinajstić information content (AvgIpc) is 3.31. The lowest BCUT2D eigenvalue weighted by atomic mass is 9.93. The van der Waals surface area contributed by atoms with Crippen molar-refractivity contribution in [2.75, 3.05) is 18.5 Å². The number of benzene rings is 1. The third kappa shape index (κ3) is 5.16. The third-order valence-corrected chi connectivity index (χ3v) is 6.64. The number of sulfonamides is 1. The lowest BCUT2D eigenvalue weighted by molar-refractivity contribution is 0.102. The zero-order valence-corrected chi connectivity index (χ0v) is 17.8. The topological polar surface area (TPSA) is 97.4 Å². The molecular weight excluding hydrogens is 398 g/mol. The van der Waals surface area contributed by atoms with E-state index in [4.69, 9.17) is 4.74 Å². The first-order chi connectivity index (χ1) is 13.1. The van der Waals surface area contributed by atoms with Gasteiger partial charge in [0.1, 0.15) is 0 Å². The second kappa shape index (κ2) is 8.28. The van der Waals surface area contributed by atoms with Crippen molar-refractivity contribution in [1.29, 1.82) is 0 Å². The smallest absolute Gasteiger partial charge is 0.257 e. The van der Waals surface area contributed by atoms with E-state index in [9.17, 15) is 13.2 Å². The fourth-order valence-electron chi connectivity index (χ4n) is 2.72. The van der Waals surface area contributed by atoms with Crippen LogP contribution in [-0.4, -0.2) is 38.6 Å². The summed E-state index contributed by atoms with van der Waals surface area (Å²) in [5.41, 5.74) is 1.18. The zero-order chi connectivity index (χ0) is 20.4. The van der Waals surface area contributed by atoms with Crippen LogP contribution in [0.15, 0.2) is 34.5 Å². The van der Waals surface area contributed by atoms with Gasteiger partial charge in [-0.1, -0.05) is 20.8 Å². The molecule has 2 N–H and O–H groups in total. The molecule has 28 heavy (non-hydrogen) atoms. The Labute approximate surface area is 169 Å². The first-order valence-electron chi connectivity index (χ1n) is 9.14. The van der Waals surface area contributed by atoms with Gasteiger partial charge in [-0.2, -0.15) is 0 Å². The Kier molecular flexibility index (Phi) is 6.18. The molecule has 1 saturated heterocycles. The van der Waals surface area contributed by atoms with E-state index in [-0.39, 0.29) is 28.9 Å². The SMILES string of the molecule is CC(C)(C)c1csc(NC(=O)c2ccc(S(=O)(=O)NCC3CCCO3)cc2)n1. The Balaban J connectivity index is 1.62. The highest BCUT2D eigenvalue weighted by Gasteiger charge is 2.21. The molecule has 9 heteroatoms. The van der Waals surface area contributed by atoms with Crippen molar-refractivity contribution < 1.29 is 17.9 Å². The molecule has 1 aromatic carbocycles. The van der Waals surface area contributed by atoms with E-state index < -0.39 is 10.0 Å². The molecule has 3 rings (SSSR count). The number of amides is 1. The highest BCUT2D eigenvalue weighted by atomic mass is 32.2. The first-order valence-corrected chi connectivity index (χ1v) is 11.5. The quantitative estimate of drug-likeness (QED) is 0.744. The fraction of sp³-hybridized carbons (Fsp3) is 0.474. The molecule has 1 aliphatic rings. The van der Waals surface area contributed by atoms with Gasteiger partial charge in [-0.3, -0.25) is 10.1 Å². The molecule has 0 aliphatic carbocycles. The van der Waals surface area contributed by atoms with Gasteiger partial charge in [0.2, 0.25) is 10.0 Å². The molecule has 1 unspecified atom stereocenters. The lowest BCUT2D eigenvalue weighted by Crippen LogP contribution is -2.31. The Bertz CT molecular complexity index is 925. The number of carbonyl (C=O) groups excluding carboxylic acids is 1. The van der Waals surface area contributed by atoms with Crippen LogP contribution in [-0.2, 0) is 20.2 Å². The standard InChI is InChI=1S/C19H25N3O4S2/c1-19(2,3)16-12-27-18(21-16)22-17(23)13-6-8-15(9-7-13)28(24,25)20-11-14-5-4-10-26-14/h6-9,12,14,20H,4-5,10-11H2,1-3H3,(H,21,22,23). The summed E-state index contributed by atoms with van der Waals surface area (Å²) in [4.78, 5) is 17.0. The van der Waals surface area contributed by atoms with Gasteiger partial charge in [-0.05, 0) is 37.1 Å². The minimum Gasteiger partial charge on any atom is -0.377 e. The number of nitrogens with one attached hydrogen (secondary N) is 2. The maximum Gasteiger partial charge on any atom is 0.257 e. The minimum atomic E-state index is -3.63. The lowest BCUT2D eigenvalue weighted by Gasteiger charge is -2.14. The molecule has 2 aromatic rings. The molecule has 0 bridgehead atoms. The predicted molar refractivity (Wildman–Crippen MR) is 109 cm³/mol.